The van der Waals surface area contributed by atoms with E-state index in [2.05, 4.69) is 64.1 Å². The smallest absolute Gasteiger partial charge is 0.216 e. The largest absolute Gasteiger partial charge is 0.439 e. The van der Waals surface area contributed by atoms with E-state index in [0.717, 1.165) is 36.8 Å². The standard InChI is InChI=1S/C20H24N4OS.HI/c1-3-21-20(22-11-10-17-5-4-12-26-17)24-14-19-23-13-18(25-19)16-8-6-15(2)7-9-16;/h4-9,12-13H,3,10-11,14H2,1-2H3,(H2,21,22,24);1H. The summed E-state index contributed by atoms with van der Waals surface area (Å²) < 4.78 is 5.83. The number of nitrogens with zero attached hydrogens (tertiary/aromatic N) is 2. The van der Waals surface area contributed by atoms with E-state index in [1.165, 1.54) is 10.4 Å². The molecule has 27 heavy (non-hydrogen) atoms. The summed E-state index contributed by atoms with van der Waals surface area (Å²) in [5, 5.41) is 8.70. The minimum absolute atomic E-state index is 0. The second-order valence-electron chi connectivity index (χ2n) is 5.94. The van der Waals surface area contributed by atoms with E-state index in [1.807, 2.05) is 12.1 Å². The van der Waals surface area contributed by atoms with Crippen LogP contribution < -0.4 is 10.6 Å². The van der Waals surface area contributed by atoms with Gasteiger partial charge in [-0.25, -0.2) is 9.98 Å². The number of aliphatic imine (C=N–C) groups is 1. The van der Waals surface area contributed by atoms with Gasteiger partial charge in [0.2, 0.25) is 5.89 Å². The van der Waals surface area contributed by atoms with Crippen LogP contribution >= 0.6 is 35.3 Å². The van der Waals surface area contributed by atoms with E-state index in [-0.39, 0.29) is 24.0 Å². The normalized spacial score (nSPS) is 11.1. The number of aromatic nitrogens is 1. The molecule has 2 aromatic heterocycles. The quantitative estimate of drug-likeness (QED) is 0.285. The van der Waals surface area contributed by atoms with E-state index < -0.39 is 0 Å². The minimum atomic E-state index is 0. The SMILES string of the molecule is CCNC(=NCc1ncc(-c2ccc(C)cc2)o1)NCCc1cccs1.I. The van der Waals surface area contributed by atoms with Crippen molar-refractivity contribution < 1.29 is 4.42 Å². The Bertz CT molecular complexity index is 828. The lowest BCUT2D eigenvalue weighted by Crippen LogP contribution is -2.38. The van der Waals surface area contributed by atoms with Crippen LogP contribution in [0.15, 0.2) is 57.4 Å². The maximum atomic E-state index is 5.83. The summed E-state index contributed by atoms with van der Waals surface area (Å²) in [5.41, 5.74) is 2.25. The lowest BCUT2D eigenvalue weighted by Gasteiger charge is -2.10. The van der Waals surface area contributed by atoms with Crippen molar-refractivity contribution in [3.63, 3.8) is 0 Å². The minimum Gasteiger partial charge on any atom is -0.439 e. The van der Waals surface area contributed by atoms with Crippen LogP contribution in [0.2, 0.25) is 0 Å². The highest BCUT2D eigenvalue weighted by Gasteiger charge is 2.06. The number of oxazole rings is 1. The highest BCUT2D eigenvalue weighted by atomic mass is 127. The number of hydrogen-bond donors (Lipinski definition) is 2. The number of nitrogens with one attached hydrogen (secondary N) is 2. The van der Waals surface area contributed by atoms with Gasteiger partial charge in [-0.15, -0.1) is 35.3 Å². The second-order valence-corrected chi connectivity index (χ2v) is 6.97. The summed E-state index contributed by atoms with van der Waals surface area (Å²) >= 11 is 1.77. The van der Waals surface area contributed by atoms with Crippen LogP contribution in [0.25, 0.3) is 11.3 Å². The fourth-order valence-electron chi connectivity index (χ4n) is 2.48. The van der Waals surface area contributed by atoms with Crippen molar-refractivity contribution in [3.05, 3.63) is 64.3 Å². The van der Waals surface area contributed by atoms with Crippen LogP contribution in [-0.4, -0.2) is 24.0 Å². The van der Waals surface area contributed by atoms with Gasteiger partial charge in [-0.2, -0.15) is 0 Å². The van der Waals surface area contributed by atoms with Crippen LogP contribution in [0.1, 0.15) is 23.3 Å². The summed E-state index contributed by atoms with van der Waals surface area (Å²) in [7, 11) is 0. The van der Waals surface area contributed by atoms with Gasteiger partial charge in [0.15, 0.2) is 11.7 Å². The first kappa shape index (κ1) is 21.4. The average molecular weight is 496 g/mol. The van der Waals surface area contributed by atoms with Gasteiger partial charge in [0.25, 0.3) is 0 Å². The van der Waals surface area contributed by atoms with Gasteiger partial charge in [-0.05, 0) is 31.7 Å². The van der Waals surface area contributed by atoms with Gasteiger partial charge in [-0.1, -0.05) is 35.9 Å². The Hall–Kier alpha value is -1.87. The Morgan fingerprint density at radius 3 is 2.70 bits per heavy atom. The lowest BCUT2D eigenvalue weighted by molar-refractivity contribution is 0.509. The Kier molecular flexibility index (Phi) is 8.80. The van der Waals surface area contributed by atoms with Gasteiger partial charge in [0.1, 0.15) is 6.54 Å². The zero-order valence-electron chi connectivity index (χ0n) is 15.6. The van der Waals surface area contributed by atoms with Gasteiger partial charge >= 0.3 is 0 Å². The predicted octanol–water partition coefficient (Wildman–Crippen LogP) is 4.63. The Labute approximate surface area is 181 Å². The number of guanidine groups is 1. The molecule has 3 rings (SSSR count). The van der Waals surface area contributed by atoms with Crippen molar-refractivity contribution in [2.75, 3.05) is 13.1 Å². The summed E-state index contributed by atoms with van der Waals surface area (Å²) in [6.07, 6.45) is 2.74. The van der Waals surface area contributed by atoms with Crippen molar-refractivity contribution in [2.24, 2.45) is 4.99 Å². The van der Waals surface area contributed by atoms with Crippen LogP contribution in [0.5, 0.6) is 0 Å². The predicted molar refractivity (Wildman–Crippen MR) is 123 cm³/mol. The van der Waals surface area contributed by atoms with Crippen molar-refractivity contribution in [2.45, 2.75) is 26.8 Å². The third kappa shape index (κ3) is 6.66. The summed E-state index contributed by atoms with van der Waals surface area (Å²) in [6, 6.07) is 12.4. The average Bonchev–Trinajstić information content (AvgIpc) is 3.32. The molecule has 0 aliphatic heterocycles. The molecule has 0 bridgehead atoms. The molecular weight excluding hydrogens is 471 g/mol. The number of aryl methyl sites for hydroxylation is 1. The summed E-state index contributed by atoms with van der Waals surface area (Å²) in [4.78, 5) is 10.3. The first-order valence-electron chi connectivity index (χ1n) is 8.81. The third-order valence-corrected chi connectivity index (χ3v) is 4.79. The molecular formula is C20H25IN4OS. The van der Waals surface area contributed by atoms with Gasteiger partial charge in [0.05, 0.1) is 6.20 Å². The van der Waals surface area contributed by atoms with Gasteiger partial charge in [0, 0.05) is 23.5 Å². The van der Waals surface area contributed by atoms with E-state index in [4.69, 9.17) is 4.42 Å². The number of hydrogen-bond acceptors (Lipinski definition) is 4. The maximum absolute atomic E-state index is 5.83. The van der Waals surface area contributed by atoms with E-state index in [1.54, 1.807) is 17.5 Å². The lowest BCUT2D eigenvalue weighted by atomic mass is 10.1. The van der Waals surface area contributed by atoms with Crippen molar-refractivity contribution in [1.82, 2.24) is 15.6 Å². The van der Waals surface area contributed by atoms with E-state index >= 15 is 0 Å². The molecule has 3 aromatic rings. The molecule has 0 saturated carbocycles. The molecule has 7 heteroatoms. The third-order valence-electron chi connectivity index (χ3n) is 3.85. The number of halogens is 1. The van der Waals surface area contributed by atoms with Crippen molar-refractivity contribution >= 4 is 41.3 Å². The molecule has 5 nitrogen and oxygen atoms in total. The topological polar surface area (TPSA) is 62.5 Å². The van der Waals surface area contributed by atoms with Gasteiger partial charge < -0.3 is 15.1 Å². The monoisotopic (exact) mass is 496 g/mol. The fraction of sp³-hybridized carbons (Fsp3) is 0.300. The summed E-state index contributed by atoms with van der Waals surface area (Å²) in [6.45, 7) is 6.17. The zero-order valence-corrected chi connectivity index (χ0v) is 18.7. The maximum Gasteiger partial charge on any atom is 0.216 e. The van der Waals surface area contributed by atoms with Crippen molar-refractivity contribution in [1.29, 1.82) is 0 Å². The molecule has 144 valence electrons. The molecule has 0 amide bonds. The van der Waals surface area contributed by atoms with Crippen LogP contribution in [-0.2, 0) is 13.0 Å². The second kappa shape index (κ2) is 11.1. The summed E-state index contributed by atoms with van der Waals surface area (Å²) in [5.74, 6) is 2.15. The molecule has 0 atom stereocenters. The molecule has 1 aromatic carbocycles. The number of rotatable bonds is 7. The molecule has 0 unspecified atom stereocenters. The Balaban J connectivity index is 0.00000261. The van der Waals surface area contributed by atoms with Crippen LogP contribution in [0.3, 0.4) is 0 Å². The van der Waals surface area contributed by atoms with Crippen LogP contribution in [0, 0.1) is 6.92 Å². The highest BCUT2D eigenvalue weighted by molar-refractivity contribution is 14.0. The first-order valence-corrected chi connectivity index (χ1v) is 9.69. The number of thiophene rings is 1. The number of benzene rings is 1. The first-order chi connectivity index (χ1) is 12.7. The molecule has 0 radical (unpaired) electrons. The molecule has 0 spiro atoms. The Morgan fingerprint density at radius 2 is 2.00 bits per heavy atom. The molecule has 0 aliphatic rings. The molecule has 0 aliphatic carbocycles. The zero-order chi connectivity index (χ0) is 18.2. The van der Waals surface area contributed by atoms with E-state index in [9.17, 15) is 0 Å². The highest BCUT2D eigenvalue weighted by Crippen LogP contribution is 2.21. The van der Waals surface area contributed by atoms with E-state index in [0.29, 0.717) is 12.4 Å². The molecule has 0 saturated heterocycles. The fourth-order valence-corrected chi connectivity index (χ4v) is 3.19. The molecule has 0 fully saturated rings. The Morgan fingerprint density at radius 1 is 1.19 bits per heavy atom. The van der Waals surface area contributed by atoms with Gasteiger partial charge in [-0.3, -0.25) is 0 Å². The van der Waals surface area contributed by atoms with Crippen LogP contribution in [0.4, 0.5) is 0 Å². The molecule has 2 heterocycles. The van der Waals surface area contributed by atoms with Crippen molar-refractivity contribution in [3.8, 4) is 11.3 Å². The molecule has 2 N–H and O–H groups in total.